The molecule has 1 aliphatic rings. The SMILES string of the molecule is Cc1cc(C)cc(NC2=C(c3ccc([N+](=O)[O-])cc3)C(=O)N(c3ccccc3C)C2=O)c1. The molecule has 1 heterocycles. The maximum absolute atomic E-state index is 13.5. The van der Waals surface area contributed by atoms with Gasteiger partial charge in [-0.25, -0.2) is 4.90 Å². The summed E-state index contributed by atoms with van der Waals surface area (Å²) in [6.45, 7) is 5.73. The molecule has 3 aromatic rings. The molecule has 0 saturated carbocycles. The number of carbonyl (C=O) groups is 2. The number of aryl methyl sites for hydroxylation is 3. The molecule has 3 aromatic carbocycles. The molecule has 32 heavy (non-hydrogen) atoms. The lowest BCUT2D eigenvalue weighted by molar-refractivity contribution is -0.384. The monoisotopic (exact) mass is 427 g/mol. The second kappa shape index (κ2) is 8.11. The molecule has 7 nitrogen and oxygen atoms in total. The number of nitro groups is 1. The third-order valence-corrected chi connectivity index (χ3v) is 5.30. The van der Waals surface area contributed by atoms with Crippen LogP contribution in [0.3, 0.4) is 0 Å². The molecule has 7 heteroatoms. The highest BCUT2D eigenvalue weighted by molar-refractivity contribution is 6.46. The summed E-state index contributed by atoms with van der Waals surface area (Å²) in [6, 6.07) is 18.6. The van der Waals surface area contributed by atoms with Gasteiger partial charge in [0, 0.05) is 17.8 Å². The minimum absolute atomic E-state index is 0.0919. The first kappa shape index (κ1) is 21.0. The fourth-order valence-corrected chi connectivity index (χ4v) is 3.89. The van der Waals surface area contributed by atoms with Gasteiger partial charge in [0.1, 0.15) is 5.70 Å². The van der Waals surface area contributed by atoms with E-state index in [0.717, 1.165) is 21.6 Å². The van der Waals surface area contributed by atoms with Crippen LogP contribution in [0.15, 0.2) is 72.4 Å². The van der Waals surface area contributed by atoms with Crippen LogP contribution in [0.5, 0.6) is 0 Å². The molecule has 0 unspecified atom stereocenters. The summed E-state index contributed by atoms with van der Waals surface area (Å²) in [7, 11) is 0. The van der Waals surface area contributed by atoms with Crippen molar-refractivity contribution < 1.29 is 14.5 Å². The number of imide groups is 1. The van der Waals surface area contributed by atoms with Crippen molar-refractivity contribution >= 4 is 34.4 Å². The number of para-hydroxylation sites is 1. The summed E-state index contributed by atoms with van der Waals surface area (Å²) < 4.78 is 0. The first-order valence-electron chi connectivity index (χ1n) is 10.0. The van der Waals surface area contributed by atoms with Crippen LogP contribution >= 0.6 is 0 Å². The molecule has 4 rings (SSSR count). The molecule has 0 radical (unpaired) electrons. The standard InChI is InChI=1S/C25H21N3O4/c1-15-12-16(2)14-19(13-15)26-23-22(18-8-10-20(11-9-18)28(31)32)24(29)27(25(23)30)21-7-5-4-6-17(21)3/h4-14,26H,1-3H3. The van der Waals surface area contributed by atoms with E-state index in [-0.39, 0.29) is 17.0 Å². The molecule has 0 aliphatic carbocycles. The zero-order valence-electron chi connectivity index (χ0n) is 17.9. The van der Waals surface area contributed by atoms with Crippen molar-refractivity contribution in [1.82, 2.24) is 0 Å². The van der Waals surface area contributed by atoms with Gasteiger partial charge in [-0.1, -0.05) is 24.3 Å². The smallest absolute Gasteiger partial charge is 0.282 e. The Morgan fingerprint density at radius 2 is 1.47 bits per heavy atom. The Labute approximate surface area is 185 Å². The number of carbonyl (C=O) groups excluding carboxylic acids is 2. The Morgan fingerprint density at radius 1 is 0.844 bits per heavy atom. The predicted octanol–water partition coefficient (Wildman–Crippen LogP) is 4.92. The Bertz CT molecular complexity index is 1270. The highest BCUT2D eigenvalue weighted by atomic mass is 16.6. The first-order chi connectivity index (χ1) is 15.3. The third kappa shape index (κ3) is 3.76. The summed E-state index contributed by atoms with van der Waals surface area (Å²) in [5, 5.41) is 14.2. The fraction of sp³-hybridized carbons (Fsp3) is 0.120. The number of amides is 2. The van der Waals surface area contributed by atoms with E-state index in [2.05, 4.69) is 5.32 Å². The number of benzene rings is 3. The van der Waals surface area contributed by atoms with Crippen LogP contribution in [0.2, 0.25) is 0 Å². The van der Waals surface area contributed by atoms with E-state index in [1.54, 1.807) is 12.1 Å². The van der Waals surface area contributed by atoms with Gasteiger partial charge >= 0.3 is 0 Å². The van der Waals surface area contributed by atoms with Gasteiger partial charge in [-0.05, 0) is 73.4 Å². The number of non-ortho nitro benzene ring substituents is 1. The van der Waals surface area contributed by atoms with Crippen LogP contribution < -0.4 is 10.2 Å². The molecule has 0 saturated heterocycles. The lowest BCUT2D eigenvalue weighted by Gasteiger charge is -2.17. The Kier molecular flexibility index (Phi) is 5.32. The summed E-state index contributed by atoms with van der Waals surface area (Å²) >= 11 is 0. The van der Waals surface area contributed by atoms with Crippen molar-refractivity contribution in [2.75, 3.05) is 10.2 Å². The number of hydrogen-bond donors (Lipinski definition) is 1. The highest BCUT2D eigenvalue weighted by Crippen LogP contribution is 2.35. The van der Waals surface area contributed by atoms with Crippen molar-refractivity contribution in [3.05, 3.63) is 105 Å². The largest absolute Gasteiger partial charge is 0.350 e. The molecule has 0 aromatic heterocycles. The zero-order valence-corrected chi connectivity index (χ0v) is 17.9. The first-order valence-corrected chi connectivity index (χ1v) is 10.0. The quantitative estimate of drug-likeness (QED) is 0.355. The van der Waals surface area contributed by atoms with Gasteiger partial charge in [-0.15, -0.1) is 0 Å². The number of nitrogens with zero attached hydrogens (tertiary/aromatic N) is 2. The lowest BCUT2D eigenvalue weighted by atomic mass is 10.0. The molecule has 160 valence electrons. The van der Waals surface area contributed by atoms with E-state index in [1.807, 2.05) is 51.1 Å². The Morgan fingerprint density at radius 3 is 2.06 bits per heavy atom. The summed E-state index contributed by atoms with van der Waals surface area (Å²) in [5.41, 5.74) is 4.63. The Balaban J connectivity index is 1.85. The van der Waals surface area contributed by atoms with E-state index in [0.29, 0.717) is 16.9 Å². The number of anilines is 2. The highest BCUT2D eigenvalue weighted by Gasteiger charge is 2.40. The van der Waals surface area contributed by atoms with Gasteiger partial charge < -0.3 is 5.32 Å². The summed E-state index contributed by atoms with van der Waals surface area (Å²) in [4.78, 5) is 38.7. The molecule has 0 atom stereocenters. The average Bonchev–Trinajstić information content (AvgIpc) is 2.97. The lowest BCUT2D eigenvalue weighted by Crippen LogP contribution is -2.33. The molecule has 1 aliphatic heterocycles. The molecule has 0 fully saturated rings. The molecular weight excluding hydrogens is 406 g/mol. The third-order valence-electron chi connectivity index (χ3n) is 5.30. The fourth-order valence-electron chi connectivity index (χ4n) is 3.89. The van der Waals surface area contributed by atoms with Crippen LogP contribution in [0.1, 0.15) is 22.3 Å². The van der Waals surface area contributed by atoms with Crippen LogP contribution in [0.4, 0.5) is 17.1 Å². The zero-order chi connectivity index (χ0) is 23.0. The van der Waals surface area contributed by atoms with E-state index >= 15 is 0 Å². The van der Waals surface area contributed by atoms with Gasteiger partial charge in [0.25, 0.3) is 17.5 Å². The van der Waals surface area contributed by atoms with Crippen molar-refractivity contribution in [1.29, 1.82) is 0 Å². The van der Waals surface area contributed by atoms with Crippen molar-refractivity contribution in [2.24, 2.45) is 0 Å². The van der Waals surface area contributed by atoms with Crippen molar-refractivity contribution in [3.63, 3.8) is 0 Å². The van der Waals surface area contributed by atoms with Crippen LogP contribution in [-0.4, -0.2) is 16.7 Å². The van der Waals surface area contributed by atoms with Gasteiger partial charge in [-0.2, -0.15) is 0 Å². The average molecular weight is 427 g/mol. The number of hydrogen-bond acceptors (Lipinski definition) is 5. The van der Waals surface area contributed by atoms with E-state index in [4.69, 9.17) is 0 Å². The minimum Gasteiger partial charge on any atom is -0.350 e. The Hall–Kier alpha value is -4.26. The number of rotatable bonds is 5. The van der Waals surface area contributed by atoms with E-state index in [1.165, 1.54) is 24.3 Å². The van der Waals surface area contributed by atoms with E-state index in [9.17, 15) is 19.7 Å². The maximum Gasteiger partial charge on any atom is 0.282 e. The van der Waals surface area contributed by atoms with Gasteiger partial charge in [0.2, 0.25) is 0 Å². The molecule has 2 amide bonds. The second-order valence-electron chi connectivity index (χ2n) is 7.79. The number of nitro benzene ring substituents is 1. The van der Waals surface area contributed by atoms with Crippen LogP contribution in [0, 0.1) is 30.9 Å². The molecule has 0 spiro atoms. The molecule has 1 N–H and O–H groups in total. The summed E-state index contributed by atoms with van der Waals surface area (Å²) in [5.74, 6) is -0.957. The van der Waals surface area contributed by atoms with Gasteiger partial charge in [0.15, 0.2) is 0 Å². The number of nitrogens with one attached hydrogen (secondary N) is 1. The van der Waals surface area contributed by atoms with Crippen molar-refractivity contribution in [3.8, 4) is 0 Å². The van der Waals surface area contributed by atoms with Gasteiger partial charge in [-0.3, -0.25) is 19.7 Å². The maximum atomic E-state index is 13.5. The van der Waals surface area contributed by atoms with Crippen LogP contribution in [-0.2, 0) is 9.59 Å². The van der Waals surface area contributed by atoms with Crippen molar-refractivity contribution in [2.45, 2.75) is 20.8 Å². The molecular formula is C25H21N3O4. The van der Waals surface area contributed by atoms with Gasteiger partial charge in [0.05, 0.1) is 16.2 Å². The normalized spacial score (nSPS) is 13.7. The topological polar surface area (TPSA) is 92.6 Å². The van der Waals surface area contributed by atoms with E-state index < -0.39 is 16.7 Å². The minimum atomic E-state index is -0.506. The molecule has 0 bridgehead atoms. The summed E-state index contributed by atoms with van der Waals surface area (Å²) in [6.07, 6.45) is 0. The van der Waals surface area contributed by atoms with Crippen LogP contribution in [0.25, 0.3) is 5.57 Å². The predicted molar refractivity (Wildman–Crippen MR) is 123 cm³/mol. The second-order valence-corrected chi connectivity index (χ2v) is 7.79.